The molecule has 29 heavy (non-hydrogen) atoms. The van der Waals surface area contributed by atoms with Crippen LogP contribution in [0.4, 0.5) is 5.13 Å². The first kappa shape index (κ1) is 21.5. The molecule has 0 fully saturated rings. The second-order valence-electron chi connectivity index (χ2n) is 7.40. The van der Waals surface area contributed by atoms with Crippen LogP contribution >= 0.6 is 11.3 Å². The molecule has 0 N–H and O–H groups in total. The lowest BCUT2D eigenvalue weighted by atomic mass is 10.1. The number of hydrogen-bond donors (Lipinski definition) is 0. The van der Waals surface area contributed by atoms with Crippen LogP contribution in [-0.4, -0.2) is 51.8 Å². The molecule has 6 nitrogen and oxygen atoms in total. The largest absolute Gasteiger partial charge is 0.302 e. The minimum Gasteiger partial charge on any atom is -0.302 e. The number of nitrogens with zero attached hydrogens (tertiary/aromatic N) is 5. The summed E-state index contributed by atoms with van der Waals surface area (Å²) in [6.45, 7) is 16.5. The first-order valence-corrected chi connectivity index (χ1v) is 11.2. The molecule has 0 spiro atoms. The highest BCUT2D eigenvalue weighted by Gasteiger charge is 2.24. The molecule has 0 aliphatic rings. The van der Waals surface area contributed by atoms with Crippen molar-refractivity contribution >= 4 is 32.6 Å². The van der Waals surface area contributed by atoms with Crippen molar-refractivity contribution in [3.63, 3.8) is 0 Å². The van der Waals surface area contributed by atoms with Gasteiger partial charge in [0, 0.05) is 25.3 Å². The van der Waals surface area contributed by atoms with Gasteiger partial charge in [-0.3, -0.25) is 14.4 Å². The maximum atomic E-state index is 13.4. The highest BCUT2D eigenvalue weighted by Crippen LogP contribution is 2.32. The van der Waals surface area contributed by atoms with Crippen molar-refractivity contribution in [2.24, 2.45) is 0 Å². The van der Waals surface area contributed by atoms with E-state index < -0.39 is 0 Å². The molecule has 0 radical (unpaired) electrons. The number of carbonyl (C=O) groups excluding carboxylic acids is 1. The summed E-state index contributed by atoms with van der Waals surface area (Å²) >= 11 is 1.58. The molecule has 0 saturated carbocycles. The normalized spacial score (nSPS) is 11.6. The summed E-state index contributed by atoms with van der Waals surface area (Å²) in [5.74, 6) is -0.0825. The van der Waals surface area contributed by atoms with E-state index in [1.165, 1.54) is 5.56 Å². The quantitative estimate of drug-likeness (QED) is 0.548. The molecule has 0 bridgehead atoms. The number of hydrogen-bond acceptors (Lipinski definition) is 5. The first-order valence-electron chi connectivity index (χ1n) is 10.3. The molecular weight excluding hydrogens is 382 g/mol. The van der Waals surface area contributed by atoms with E-state index in [-0.39, 0.29) is 5.91 Å². The summed E-state index contributed by atoms with van der Waals surface area (Å²) < 4.78 is 2.98. The molecule has 3 rings (SSSR count). The topological polar surface area (TPSA) is 54.3 Å². The Morgan fingerprint density at radius 1 is 1.07 bits per heavy atom. The van der Waals surface area contributed by atoms with Crippen LogP contribution in [0.1, 0.15) is 48.1 Å². The number of anilines is 1. The lowest BCUT2D eigenvalue weighted by molar-refractivity contribution is 0.0978. The second-order valence-corrected chi connectivity index (χ2v) is 8.40. The summed E-state index contributed by atoms with van der Waals surface area (Å²) in [4.78, 5) is 22.4. The molecular formula is C22H31N5OS. The second kappa shape index (κ2) is 9.05. The number of aromatic nitrogens is 3. The summed E-state index contributed by atoms with van der Waals surface area (Å²) in [5, 5.41) is 5.26. The van der Waals surface area contributed by atoms with Gasteiger partial charge in [0.1, 0.15) is 0 Å². The number of carbonyl (C=O) groups is 1. The molecule has 2 aromatic heterocycles. The Morgan fingerprint density at radius 2 is 1.79 bits per heavy atom. The standard InChI is InChI=1S/C22H31N5OS/c1-7-25(8-2)10-11-26(21(28)18-14-17(6)27(9-3)24-18)22-23-20-16(5)12-15(4)13-19(20)29-22/h12-14H,7-11H2,1-6H3. The van der Waals surface area contributed by atoms with Crippen LogP contribution in [0, 0.1) is 20.8 Å². The monoisotopic (exact) mass is 413 g/mol. The Kier molecular flexibility index (Phi) is 6.70. The van der Waals surface area contributed by atoms with E-state index in [4.69, 9.17) is 4.98 Å². The molecule has 2 heterocycles. The van der Waals surface area contributed by atoms with E-state index in [1.54, 1.807) is 16.2 Å². The van der Waals surface area contributed by atoms with Crippen LogP contribution in [0.2, 0.25) is 0 Å². The average Bonchev–Trinajstić information content (AvgIpc) is 3.28. The van der Waals surface area contributed by atoms with Crippen LogP contribution in [-0.2, 0) is 6.54 Å². The third-order valence-electron chi connectivity index (χ3n) is 5.33. The Morgan fingerprint density at radius 3 is 2.41 bits per heavy atom. The predicted molar refractivity (Wildman–Crippen MR) is 121 cm³/mol. The van der Waals surface area contributed by atoms with Crippen molar-refractivity contribution < 1.29 is 4.79 Å². The summed E-state index contributed by atoms with van der Waals surface area (Å²) in [6, 6.07) is 6.16. The smallest absolute Gasteiger partial charge is 0.280 e. The molecule has 0 saturated heterocycles. The number of fused-ring (bicyclic) bond motifs is 1. The van der Waals surface area contributed by atoms with Gasteiger partial charge in [0.05, 0.1) is 10.2 Å². The van der Waals surface area contributed by atoms with Gasteiger partial charge < -0.3 is 4.90 Å². The zero-order valence-corrected chi connectivity index (χ0v) is 19.1. The Bertz CT molecular complexity index is 1000. The van der Waals surface area contributed by atoms with Crippen molar-refractivity contribution in [3.05, 3.63) is 40.7 Å². The maximum Gasteiger partial charge on any atom is 0.280 e. The zero-order valence-electron chi connectivity index (χ0n) is 18.3. The molecule has 0 aliphatic carbocycles. The van der Waals surface area contributed by atoms with Gasteiger partial charge in [-0.25, -0.2) is 4.98 Å². The first-order chi connectivity index (χ1) is 13.9. The third-order valence-corrected chi connectivity index (χ3v) is 6.35. The lowest BCUT2D eigenvalue weighted by Gasteiger charge is -2.24. The summed E-state index contributed by atoms with van der Waals surface area (Å²) in [7, 11) is 0. The summed E-state index contributed by atoms with van der Waals surface area (Å²) in [6.07, 6.45) is 0. The van der Waals surface area contributed by atoms with Crippen molar-refractivity contribution in [3.8, 4) is 0 Å². The van der Waals surface area contributed by atoms with Gasteiger partial charge in [0.25, 0.3) is 5.91 Å². The molecule has 0 unspecified atom stereocenters. The fourth-order valence-electron chi connectivity index (χ4n) is 3.61. The third kappa shape index (κ3) is 4.51. The van der Waals surface area contributed by atoms with E-state index in [9.17, 15) is 4.79 Å². The van der Waals surface area contributed by atoms with Crippen molar-refractivity contribution in [1.82, 2.24) is 19.7 Å². The number of thiazole rings is 1. The number of rotatable bonds is 8. The molecule has 0 atom stereocenters. The summed E-state index contributed by atoms with van der Waals surface area (Å²) in [5.41, 5.74) is 4.81. The maximum absolute atomic E-state index is 13.4. The van der Waals surface area contributed by atoms with Gasteiger partial charge in [0.15, 0.2) is 10.8 Å². The fraction of sp³-hybridized carbons (Fsp3) is 0.500. The van der Waals surface area contributed by atoms with Crippen LogP contribution < -0.4 is 4.90 Å². The van der Waals surface area contributed by atoms with Crippen molar-refractivity contribution in [2.75, 3.05) is 31.1 Å². The van der Waals surface area contributed by atoms with Crippen LogP contribution in [0.15, 0.2) is 18.2 Å². The van der Waals surface area contributed by atoms with E-state index in [1.807, 2.05) is 24.6 Å². The van der Waals surface area contributed by atoms with Gasteiger partial charge in [-0.1, -0.05) is 31.3 Å². The highest BCUT2D eigenvalue weighted by molar-refractivity contribution is 7.22. The van der Waals surface area contributed by atoms with Crippen molar-refractivity contribution in [2.45, 2.75) is 48.1 Å². The molecule has 0 aliphatic heterocycles. The van der Waals surface area contributed by atoms with Crippen LogP contribution in [0.5, 0.6) is 0 Å². The number of aryl methyl sites for hydroxylation is 4. The highest BCUT2D eigenvalue weighted by atomic mass is 32.1. The number of benzene rings is 1. The van der Waals surface area contributed by atoms with Gasteiger partial charge >= 0.3 is 0 Å². The minimum atomic E-state index is -0.0825. The number of amides is 1. The Balaban J connectivity index is 2.00. The van der Waals surface area contributed by atoms with Gasteiger partial charge in [-0.2, -0.15) is 5.10 Å². The van der Waals surface area contributed by atoms with Gasteiger partial charge in [0.2, 0.25) is 0 Å². The van der Waals surface area contributed by atoms with E-state index in [0.29, 0.717) is 12.2 Å². The Labute approximate surface area is 177 Å². The predicted octanol–water partition coefficient (Wildman–Crippen LogP) is 4.43. The van der Waals surface area contributed by atoms with Gasteiger partial charge in [-0.05, 0) is 64.0 Å². The molecule has 156 valence electrons. The van der Waals surface area contributed by atoms with Crippen molar-refractivity contribution in [1.29, 1.82) is 0 Å². The fourth-order valence-corrected chi connectivity index (χ4v) is 4.78. The average molecular weight is 414 g/mol. The number of likely N-dealkylation sites (N-methyl/N-ethyl adjacent to an activating group) is 1. The minimum absolute atomic E-state index is 0.0825. The molecule has 3 aromatic rings. The van der Waals surface area contributed by atoms with Gasteiger partial charge in [-0.15, -0.1) is 0 Å². The van der Waals surface area contributed by atoms with E-state index >= 15 is 0 Å². The van der Waals surface area contributed by atoms with Crippen LogP contribution in [0.25, 0.3) is 10.2 Å². The molecule has 1 aromatic carbocycles. The lowest BCUT2D eigenvalue weighted by Crippen LogP contribution is -2.39. The molecule has 1 amide bonds. The van der Waals surface area contributed by atoms with E-state index in [2.05, 4.69) is 49.8 Å². The molecule has 7 heteroatoms. The Hall–Kier alpha value is -2.25. The van der Waals surface area contributed by atoms with Crippen LogP contribution in [0.3, 0.4) is 0 Å². The SMILES string of the molecule is CCN(CC)CCN(C(=O)c1cc(C)n(CC)n1)c1nc2c(C)cc(C)cc2s1. The zero-order chi connectivity index (χ0) is 21.1. The van der Waals surface area contributed by atoms with E-state index in [0.717, 1.165) is 52.8 Å².